The van der Waals surface area contributed by atoms with Crippen molar-refractivity contribution in [3.63, 3.8) is 0 Å². The third-order valence-electron chi connectivity index (χ3n) is 7.15. The van der Waals surface area contributed by atoms with Gasteiger partial charge in [0.25, 0.3) is 5.91 Å². The van der Waals surface area contributed by atoms with E-state index in [0.717, 1.165) is 55.1 Å². The molecule has 2 aromatic carbocycles. The van der Waals surface area contributed by atoms with Crippen molar-refractivity contribution >= 4 is 30.6 Å². The van der Waals surface area contributed by atoms with Crippen LogP contribution in [0.5, 0.6) is 0 Å². The Morgan fingerprint density at radius 2 is 1.95 bits per heavy atom. The van der Waals surface area contributed by atoms with Crippen LogP contribution in [0.3, 0.4) is 0 Å². The van der Waals surface area contributed by atoms with Crippen LogP contribution in [0.15, 0.2) is 58.6 Å². The molecule has 39 heavy (non-hydrogen) atoms. The van der Waals surface area contributed by atoms with Crippen LogP contribution in [0.25, 0.3) is 0 Å². The molecule has 3 aromatic rings. The van der Waals surface area contributed by atoms with Gasteiger partial charge in [-0.3, -0.25) is 29.6 Å². The maximum atomic E-state index is 13.4. The van der Waals surface area contributed by atoms with Crippen molar-refractivity contribution in [1.82, 2.24) is 30.4 Å². The highest BCUT2D eigenvalue weighted by Gasteiger charge is 2.30. The molecule has 1 aromatic heterocycles. The van der Waals surface area contributed by atoms with E-state index in [1.54, 1.807) is 11.9 Å². The van der Waals surface area contributed by atoms with Gasteiger partial charge in [-0.1, -0.05) is 42.5 Å². The minimum absolute atomic E-state index is 0.0342. The number of nitrogens with zero attached hydrogens (tertiary/aromatic N) is 7. The summed E-state index contributed by atoms with van der Waals surface area (Å²) >= 11 is 0. The first kappa shape index (κ1) is 26.2. The second-order valence-corrected chi connectivity index (χ2v) is 9.84. The van der Waals surface area contributed by atoms with Crippen molar-refractivity contribution < 1.29 is 9.59 Å². The predicted octanol–water partition coefficient (Wildman–Crippen LogP) is 1.86. The lowest BCUT2D eigenvalue weighted by molar-refractivity contribution is -0.120. The van der Waals surface area contributed by atoms with Gasteiger partial charge >= 0.3 is 0 Å². The van der Waals surface area contributed by atoms with Crippen molar-refractivity contribution in [2.75, 3.05) is 38.1 Å². The quantitative estimate of drug-likeness (QED) is 0.341. The third kappa shape index (κ3) is 6.37. The first-order chi connectivity index (χ1) is 19.0. The van der Waals surface area contributed by atoms with Crippen molar-refractivity contribution in [1.29, 1.82) is 0 Å². The molecule has 11 heteroatoms. The third-order valence-corrected chi connectivity index (χ3v) is 7.15. The maximum absolute atomic E-state index is 13.4. The lowest BCUT2D eigenvalue weighted by atomic mass is 10.0. The van der Waals surface area contributed by atoms with E-state index in [0.29, 0.717) is 25.1 Å². The Morgan fingerprint density at radius 1 is 1.15 bits per heavy atom. The van der Waals surface area contributed by atoms with Gasteiger partial charge in [-0.05, 0) is 42.3 Å². The number of likely N-dealkylation sites (N-methyl/N-ethyl adjacent to an activating group) is 1. The second-order valence-electron chi connectivity index (χ2n) is 9.84. The highest BCUT2D eigenvalue weighted by molar-refractivity contribution is 6.02. The number of nitrogens with one attached hydrogen (secondary N) is 2. The fourth-order valence-corrected chi connectivity index (χ4v) is 5.01. The first-order valence-corrected chi connectivity index (χ1v) is 13.1. The molecule has 202 valence electrons. The van der Waals surface area contributed by atoms with Crippen LogP contribution in [-0.2, 0) is 24.2 Å². The Bertz CT molecular complexity index is 1350. The molecule has 3 heterocycles. The molecule has 11 nitrogen and oxygen atoms in total. The van der Waals surface area contributed by atoms with E-state index in [2.05, 4.69) is 60.4 Å². The monoisotopic (exact) mass is 527 g/mol. The van der Waals surface area contributed by atoms with Crippen LogP contribution >= 0.6 is 0 Å². The van der Waals surface area contributed by atoms with Crippen LogP contribution in [0.2, 0.25) is 0 Å². The fourth-order valence-electron chi connectivity index (χ4n) is 5.01. The number of hydrogen-bond acceptors (Lipinski definition) is 7. The lowest BCUT2D eigenvalue weighted by Gasteiger charge is -2.33. The summed E-state index contributed by atoms with van der Waals surface area (Å²) in [6.45, 7) is 7.66. The molecule has 2 aliphatic heterocycles. The highest BCUT2D eigenvalue weighted by atomic mass is 16.2. The number of carbonyl (C=O) groups is 2. The van der Waals surface area contributed by atoms with Crippen LogP contribution in [0.4, 0.5) is 5.69 Å². The number of aromatic nitrogens is 3. The minimum atomic E-state index is -0.659. The van der Waals surface area contributed by atoms with Gasteiger partial charge < -0.3 is 10.2 Å². The molecule has 1 atom stereocenters. The van der Waals surface area contributed by atoms with Gasteiger partial charge in [0.2, 0.25) is 11.7 Å². The zero-order chi connectivity index (χ0) is 27.2. The number of fused-ring (bicyclic) bond motifs is 1. The standard InChI is InChI=1S/C28H33N9O2/c1-29-19-30-37-14-12-36(13-15-37)18-21-8-9-22-10-11-23(28(39)35(2)24(22)16-21)31-27(38)26-32-25(33-34-26)17-20-6-4-3-5-7-20/h3-9,16,19,23H,1,10-15,17-18H2,2H3,(H,31,38)(H,32,33,34)/b30-19-. The smallest absolute Gasteiger partial charge is 0.291 e. The molecule has 2 amide bonds. The molecule has 1 saturated heterocycles. The topological polar surface area (TPSA) is 122 Å². The molecule has 0 saturated carbocycles. The molecule has 0 radical (unpaired) electrons. The number of carbonyl (C=O) groups excluding carboxylic acids is 2. The zero-order valence-corrected chi connectivity index (χ0v) is 22.1. The van der Waals surface area contributed by atoms with Crippen LogP contribution < -0.4 is 10.2 Å². The average molecular weight is 528 g/mol. The fraction of sp³-hybridized carbons (Fsp3) is 0.357. The van der Waals surface area contributed by atoms with Gasteiger partial charge in [-0.25, -0.2) is 4.98 Å². The Morgan fingerprint density at radius 3 is 2.72 bits per heavy atom. The Balaban J connectivity index is 1.20. The van der Waals surface area contributed by atoms with Gasteiger partial charge in [0.05, 0.1) is 0 Å². The van der Waals surface area contributed by atoms with Gasteiger partial charge in [-0.2, -0.15) is 5.10 Å². The second kappa shape index (κ2) is 12.0. The van der Waals surface area contributed by atoms with Gasteiger partial charge in [0, 0.05) is 51.9 Å². The summed E-state index contributed by atoms with van der Waals surface area (Å²) in [4.78, 5) is 38.3. The molecule has 0 aliphatic carbocycles. The summed E-state index contributed by atoms with van der Waals surface area (Å²) in [5.41, 5.74) is 4.19. The van der Waals surface area contributed by atoms with E-state index >= 15 is 0 Å². The highest BCUT2D eigenvalue weighted by Crippen LogP contribution is 2.28. The number of amides is 2. The summed E-state index contributed by atoms with van der Waals surface area (Å²) in [6, 6.07) is 15.5. The van der Waals surface area contributed by atoms with E-state index in [1.165, 1.54) is 6.34 Å². The summed E-state index contributed by atoms with van der Waals surface area (Å²) in [7, 11) is 1.77. The number of benzene rings is 2. The van der Waals surface area contributed by atoms with Crippen molar-refractivity contribution in [3.8, 4) is 0 Å². The Kier molecular flexibility index (Phi) is 8.07. The lowest BCUT2D eigenvalue weighted by Crippen LogP contribution is -2.47. The number of rotatable bonds is 8. The van der Waals surface area contributed by atoms with Crippen molar-refractivity contribution in [2.45, 2.75) is 31.8 Å². The van der Waals surface area contributed by atoms with Crippen LogP contribution in [0, 0.1) is 0 Å². The number of aryl methyl sites for hydroxylation is 1. The molecule has 5 rings (SSSR count). The normalized spacial score (nSPS) is 18.2. The van der Waals surface area contributed by atoms with E-state index in [4.69, 9.17) is 0 Å². The number of hydrogen-bond donors (Lipinski definition) is 2. The SMILES string of the molecule is C=N/C=N\N1CCN(Cc2ccc3c(c2)N(C)C(=O)C(NC(=O)c2n[nH]c(Cc4ccccc4)n2)CC3)CC1. The first-order valence-electron chi connectivity index (χ1n) is 13.1. The maximum Gasteiger partial charge on any atom is 0.291 e. The Hall–Kier alpha value is -4.38. The molecule has 2 aliphatic rings. The van der Waals surface area contributed by atoms with Crippen LogP contribution in [0.1, 0.15) is 39.6 Å². The number of piperazine rings is 1. The zero-order valence-electron chi connectivity index (χ0n) is 22.1. The molecule has 1 fully saturated rings. The summed E-state index contributed by atoms with van der Waals surface area (Å²) < 4.78 is 0. The molecular formula is C28H33N9O2. The molecule has 0 bridgehead atoms. The van der Waals surface area contributed by atoms with E-state index < -0.39 is 11.9 Å². The van der Waals surface area contributed by atoms with Gasteiger partial charge in [0.1, 0.15) is 18.2 Å². The van der Waals surface area contributed by atoms with E-state index in [-0.39, 0.29) is 11.7 Å². The van der Waals surface area contributed by atoms with Gasteiger partial charge in [0.15, 0.2) is 0 Å². The molecule has 0 spiro atoms. The Labute approximate surface area is 227 Å². The van der Waals surface area contributed by atoms with E-state index in [9.17, 15) is 9.59 Å². The number of hydrazone groups is 1. The van der Waals surface area contributed by atoms with Crippen LogP contribution in [-0.4, -0.2) is 89.2 Å². The minimum Gasteiger partial charge on any atom is -0.337 e. The molecule has 1 unspecified atom stereocenters. The van der Waals surface area contributed by atoms with E-state index in [1.807, 2.05) is 35.3 Å². The van der Waals surface area contributed by atoms with Crippen molar-refractivity contribution in [2.24, 2.45) is 10.1 Å². The molecule has 2 N–H and O–H groups in total. The van der Waals surface area contributed by atoms with Crippen molar-refractivity contribution in [3.05, 3.63) is 76.9 Å². The average Bonchev–Trinajstić information content (AvgIpc) is 3.39. The summed E-state index contributed by atoms with van der Waals surface area (Å²) in [6.07, 6.45) is 3.20. The number of aliphatic imine (C=N–C) groups is 1. The number of H-pyrrole nitrogens is 1. The van der Waals surface area contributed by atoms with Gasteiger partial charge in [-0.15, -0.1) is 5.10 Å². The summed E-state index contributed by atoms with van der Waals surface area (Å²) in [5.74, 6) is 0.0170. The number of aromatic amines is 1. The molecular weight excluding hydrogens is 494 g/mol. The largest absolute Gasteiger partial charge is 0.337 e. The number of anilines is 1. The predicted molar refractivity (Wildman–Crippen MR) is 150 cm³/mol. The summed E-state index contributed by atoms with van der Waals surface area (Å²) in [5, 5.41) is 16.0.